The van der Waals surface area contributed by atoms with Crippen molar-refractivity contribution in [3.8, 4) is 0 Å². The molecule has 0 aliphatic rings. The first-order valence-electron chi connectivity index (χ1n) is 5.23. The second-order valence-electron chi connectivity index (χ2n) is 3.60. The van der Waals surface area contributed by atoms with E-state index in [2.05, 4.69) is 20.6 Å². The second-order valence-corrected chi connectivity index (χ2v) is 3.60. The fraction of sp³-hybridized carbons (Fsp3) is 0.167. The highest BCUT2D eigenvalue weighted by molar-refractivity contribution is 5.57. The van der Waals surface area contributed by atoms with Gasteiger partial charge in [-0.25, -0.2) is 9.37 Å². The number of anilines is 3. The van der Waals surface area contributed by atoms with Crippen LogP contribution in [0.25, 0.3) is 0 Å². The molecule has 4 nitrogen and oxygen atoms in total. The predicted octanol–water partition coefficient (Wildman–Crippen LogP) is 2.71. The third-order valence-electron chi connectivity index (χ3n) is 2.19. The predicted molar refractivity (Wildman–Crippen MR) is 66.0 cm³/mol. The summed E-state index contributed by atoms with van der Waals surface area (Å²) in [7, 11) is 1.76. The van der Waals surface area contributed by atoms with Crippen LogP contribution in [-0.4, -0.2) is 17.0 Å². The summed E-state index contributed by atoms with van der Waals surface area (Å²) in [6.45, 7) is 1.89. The summed E-state index contributed by atoms with van der Waals surface area (Å²) in [6.07, 6.45) is 0. The molecule has 0 atom stereocenters. The lowest BCUT2D eigenvalue weighted by atomic mass is 10.3. The first kappa shape index (κ1) is 11.3. The topological polar surface area (TPSA) is 49.8 Å². The summed E-state index contributed by atoms with van der Waals surface area (Å²) in [5, 5.41) is 5.97. The minimum Gasteiger partial charge on any atom is -0.357 e. The summed E-state index contributed by atoms with van der Waals surface area (Å²) in [4.78, 5) is 8.43. The molecule has 0 fully saturated rings. The average Bonchev–Trinajstić information content (AvgIpc) is 2.31. The number of rotatable bonds is 3. The molecule has 2 N–H and O–H groups in total. The Bertz CT molecular complexity index is 510. The molecule has 0 bridgehead atoms. The number of hydrogen-bond donors (Lipinski definition) is 2. The van der Waals surface area contributed by atoms with Crippen LogP contribution < -0.4 is 10.6 Å². The lowest BCUT2D eigenvalue weighted by Gasteiger charge is -2.08. The zero-order valence-electron chi connectivity index (χ0n) is 9.66. The Morgan fingerprint density at radius 1 is 1.12 bits per heavy atom. The monoisotopic (exact) mass is 232 g/mol. The number of aryl methyl sites for hydroxylation is 1. The second kappa shape index (κ2) is 4.78. The van der Waals surface area contributed by atoms with E-state index in [9.17, 15) is 4.39 Å². The molecule has 1 aromatic carbocycles. The molecule has 5 heteroatoms. The molecule has 0 saturated heterocycles. The minimum absolute atomic E-state index is 0.259. The quantitative estimate of drug-likeness (QED) is 0.854. The average molecular weight is 232 g/mol. The van der Waals surface area contributed by atoms with Crippen LogP contribution in [0.3, 0.4) is 0 Å². The highest BCUT2D eigenvalue weighted by Gasteiger charge is 2.01. The summed E-state index contributed by atoms with van der Waals surface area (Å²) < 4.78 is 12.7. The highest BCUT2D eigenvalue weighted by Crippen LogP contribution is 2.16. The van der Waals surface area contributed by atoms with Gasteiger partial charge in [-0.2, -0.15) is 4.98 Å². The van der Waals surface area contributed by atoms with Crippen LogP contribution in [0.1, 0.15) is 5.69 Å². The van der Waals surface area contributed by atoms with Gasteiger partial charge in [-0.1, -0.05) is 0 Å². The van der Waals surface area contributed by atoms with E-state index < -0.39 is 0 Å². The molecule has 2 rings (SSSR count). The molecule has 1 heterocycles. The Balaban J connectivity index is 2.23. The summed E-state index contributed by atoms with van der Waals surface area (Å²) in [6, 6.07) is 7.94. The van der Waals surface area contributed by atoms with Crippen molar-refractivity contribution < 1.29 is 4.39 Å². The molecule has 0 aliphatic heterocycles. The van der Waals surface area contributed by atoms with Gasteiger partial charge in [0.05, 0.1) is 0 Å². The van der Waals surface area contributed by atoms with E-state index in [1.54, 1.807) is 19.2 Å². The maximum absolute atomic E-state index is 12.7. The molecule has 0 saturated carbocycles. The van der Waals surface area contributed by atoms with Crippen LogP contribution in [0.15, 0.2) is 30.3 Å². The Morgan fingerprint density at radius 2 is 1.82 bits per heavy atom. The van der Waals surface area contributed by atoms with Gasteiger partial charge >= 0.3 is 0 Å². The van der Waals surface area contributed by atoms with Crippen LogP contribution in [0, 0.1) is 12.7 Å². The molecule has 0 radical (unpaired) electrons. The molecular weight excluding hydrogens is 219 g/mol. The molecule has 0 spiro atoms. The van der Waals surface area contributed by atoms with E-state index in [-0.39, 0.29) is 5.82 Å². The third kappa shape index (κ3) is 2.90. The third-order valence-corrected chi connectivity index (χ3v) is 2.19. The zero-order valence-corrected chi connectivity index (χ0v) is 9.66. The molecule has 0 amide bonds. The number of benzene rings is 1. The number of nitrogens with zero attached hydrogens (tertiary/aromatic N) is 2. The van der Waals surface area contributed by atoms with E-state index in [1.807, 2.05) is 13.0 Å². The van der Waals surface area contributed by atoms with E-state index in [1.165, 1.54) is 12.1 Å². The van der Waals surface area contributed by atoms with E-state index in [4.69, 9.17) is 0 Å². The zero-order chi connectivity index (χ0) is 12.3. The van der Waals surface area contributed by atoms with Crippen LogP contribution in [-0.2, 0) is 0 Å². The van der Waals surface area contributed by atoms with Gasteiger partial charge in [-0.15, -0.1) is 0 Å². The Morgan fingerprint density at radius 3 is 2.47 bits per heavy atom. The van der Waals surface area contributed by atoms with Crippen molar-refractivity contribution in [2.45, 2.75) is 6.92 Å². The molecule has 2 aromatic rings. The molecule has 0 unspecified atom stereocenters. The first-order chi connectivity index (χ1) is 8.17. The highest BCUT2D eigenvalue weighted by atomic mass is 19.1. The minimum atomic E-state index is -0.259. The van der Waals surface area contributed by atoms with Crippen LogP contribution >= 0.6 is 0 Å². The Kier molecular flexibility index (Phi) is 3.18. The summed E-state index contributed by atoms with van der Waals surface area (Å²) >= 11 is 0. The largest absolute Gasteiger partial charge is 0.357 e. The number of hydrogen-bond acceptors (Lipinski definition) is 4. The lowest BCUT2D eigenvalue weighted by molar-refractivity contribution is 0.628. The smallest absolute Gasteiger partial charge is 0.224 e. The van der Waals surface area contributed by atoms with E-state index in [0.717, 1.165) is 11.4 Å². The van der Waals surface area contributed by atoms with Crippen molar-refractivity contribution in [1.82, 2.24) is 9.97 Å². The maximum Gasteiger partial charge on any atom is 0.224 e. The van der Waals surface area contributed by atoms with Gasteiger partial charge in [0.2, 0.25) is 5.95 Å². The van der Waals surface area contributed by atoms with Crippen molar-refractivity contribution in [1.29, 1.82) is 0 Å². The van der Waals surface area contributed by atoms with Crippen LogP contribution in [0.5, 0.6) is 0 Å². The summed E-state index contributed by atoms with van der Waals surface area (Å²) in [5.74, 6) is 0.966. The van der Waals surface area contributed by atoms with Crippen LogP contribution in [0.4, 0.5) is 21.8 Å². The van der Waals surface area contributed by atoms with E-state index >= 15 is 0 Å². The first-order valence-corrected chi connectivity index (χ1v) is 5.23. The molecule has 1 aromatic heterocycles. The Labute approximate surface area is 98.9 Å². The van der Waals surface area contributed by atoms with Gasteiger partial charge in [-0.05, 0) is 31.2 Å². The fourth-order valence-electron chi connectivity index (χ4n) is 1.43. The van der Waals surface area contributed by atoms with Crippen molar-refractivity contribution >= 4 is 17.5 Å². The standard InChI is InChI=1S/C12H13FN4/c1-8-7-11(17-12(14-2)15-8)16-10-5-3-9(13)4-6-10/h3-7H,1-2H3,(H2,14,15,16,17). The van der Waals surface area contributed by atoms with Gasteiger partial charge in [-0.3, -0.25) is 0 Å². The van der Waals surface area contributed by atoms with Crippen molar-refractivity contribution in [3.63, 3.8) is 0 Å². The van der Waals surface area contributed by atoms with Gasteiger partial charge in [0.1, 0.15) is 11.6 Å². The fourth-order valence-corrected chi connectivity index (χ4v) is 1.43. The van der Waals surface area contributed by atoms with Crippen molar-refractivity contribution in [3.05, 3.63) is 41.8 Å². The van der Waals surface area contributed by atoms with Gasteiger partial charge in [0.15, 0.2) is 0 Å². The van der Waals surface area contributed by atoms with Gasteiger partial charge < -0.3 is 10.6 Å². The van der Waals surface area contributed by atoms with Crippen LogP contribution in [0.2, 0.25) is 0 Å². The molecule has 88 valence electrons. The summed E-state index contributed by atoms with van der Waals surface area (Å²) in [5.41, 5.74) is 1.64. The lowest BCUT2D eigenvalue weighted by Crippen LogP contribution is -2.01. The van der Waals surface area contributed by atoms with Gasteiger partial charge in [0, 0.05) is 24.5 Å². The molecule has 0 aliphatic carbocycles. The SMILES string of the molecule is CNc1nc(C)cc(Nc2ccc(F)cc2)n1. The Hall–Kier alpha value is -2.17. The van der Waals surface area contributed by atoms with Crippen molar-refractivity contribution in [2.75, 3.05) is 17.7 Å². The number of nitrogens with one attached hydrogen (secondary N) is 2. The molecular formula is C12H13FN4. The number of halogens is 1. The van der Waals surface area contributed by atoms with Gasteiger partial charge in [0.25, 0.3) is 0 Å². The maximum atomic E-state index is 12.7. The normalized spacial score (nSPS) is 10.1. The molecule has 17 heavy (non-hydrogen) atoms. The van der Waals surface area contributed by atoms with E-state index in [0.29, 0.717) is 11.8 Å². The number of aromatic nitrogens is 2. The van der Waals surface area contributed by atoms with Crippen molar-refractivity contribution in [2.24, 2.45) is 0 Å².